The standard InChI is InChI=1S/C15H23N3O3/c16-9-11-2-1-5-18(11)15(20)14-10-3-4-12(17-14)13(8-10)21-7-6-19/h10-14,17,19H,1-8H2/t10-,11+,12+,13+,14+/m1/s1. The number of hydrogen-bond donors (Lipinski definition) is 2. The molecule has 1 amide bonds. The predicted octanol–water partition coefficient (Wildman–Crippen LogP) is 0.0190. The molecule has 116 valence electrons. The molecule has 0 aromatic rings. The van der Waals surface area contributed by atoms with Crippen LogP contribution in [0.1, 0.15) is 32.1 Å². The SMILES string of the molecule is N#C[C@@H]1CCCN1C(=O)[C@H]1N[C@H]2CC[C@@H]1C[C@@H]2OCCO. The van der Waals surface area contributed by atoms with Crippen LogP contribution in [0.3, 0.4) is 0 Å². The predicted molar refractivity (Wildman–Crippen MR) is 75.2 cm³/mol. The van der Waals surface area contributed by atoms with Crippen LogP contribution >= 0.6 is 0 Å². The molecule has 1 aliphatic carbocycles. The van der Waals surface area contributed by atoms with E-state index in [1.54, 1.807) is 4.90 Å². The minimum Gasteiger partial charge on any atom is -0.394 e. The van der Waals surface area contributed by atoms with Crippen LogP contribution in [-0.4, -0.2) is 59.9 Å². The van der Waals surface area contributed by atoms with E-state index < -0.39 is 0 Å². The smallest absolute Gasteiger partial charge is 0.241 e. The zero-order valence-corrected chi connectivity index (χ0v) is 12.2. The molecular weight excluding hydrogens is 270 g/mol. The summed E-state index contributed by atoms with van der Waals surface area (Å²) in [5.41, 5.74) is 0. The first-order valence-electron chi connectivity index (χ1n) is 7.93. The summed E-state index contributed by atoms with van der Waals surface area (Å²) in [5.74, 6) is 0.375. The fraction of sp³-hybridized carbons (Fsp3) is 0.867. The zero-order chi connectivity index (χ0) is 14.8. The van der Waals surface area contributed by atoms with Crippen molar-refractivity contribution in [3.63, 3.8) is 0 Å². The third kappa shape index (κ3) is 2.78. The molecular formula is C15H23N3O3. The van der Waals surface area contributed by atoms with Gasteiger partial charge in [0, 0.05) is 12.6 Å². The summed E-state index contributed by atoms with van der Waals surface area (Å²) >= 11 is 0. The molecule has 2 bridgehead atoms. The minimum atomic E-state index is -0.249. The second-order valence-corrected chi connectivity index (χ2v) is 6.28. The van der Waals surface area contributed by atoms with E-state index in [1.165, 1.54) is 0 Å². The number of carbonyl (C=O) groups excluding carboxylic acids is 1. The average Bonchev–Trinajstić information content (AvgIpc) is 3.01. The van der Waals surface area contributed by atoms with Gasteiger partial charge in [-0.25, -0.2) is 0 Å². The second kappa shape index (κ2) is 6.30. The van der Waals surface area contributed by atoms with E-state index in [0.29, 0.717) is 13.2 Å². The molecule has 3 aliphatic heterocycles. The maximum atomic E-state index is 12.7. The van der Waals surface area contributed by atoms with Crippen molar-refractivity contribution in [3.05, 3.63) is 0 Å². The number of aliphatic hydroxyl groups is 1. The van der Waals surface area contributed by atoms with Gasteiger partial charge in [-0.2, -0.15) is 5.26 Å². The van der Waals surface area contributed by atoms with Crippen molar-refractivity contribution in [1.82, 2.24) is 10.2 Å². The lowest BCUT2D eigenvalue weighted by atomic mass is 9.74. The number of amides is 1. The fourth-order valence-corrected chi connectivity index (χ4v) is 4.02. The molecule has 0 unspecified atom stereocenters. The van der Waals surface area contributed by atoms with Crippen molar-refractivity contribution in [2.75, 3.05) is 19.8 Å². The van der Waals surface area contributed by atoms with Crippen LogP contribution in [0.25, 0.3) is 0 Å². The molecule has 4 fully saturated rings. The van der Waals surface area contributed by atoms with E-state index in [4.69, 9.17) is 15.1 Å². The number of nitriles is 1. The Morgan fingerprint density at radius 1 is 1.43 bits per heavy atom. The summed E-state index contributed by atoms with van der Waals surface area (Å²) in [4.78, 5) is 14.5. The number of nitrogens with zero attached hydrogens (tertiary/aromatic N) is 2. The van der Waals surface area contributed by atoms with Gasteiger partial charge in [-0.05, 0) is 38.0 Å². The molecule has 0 aromatic carbocycles. The van der Waals surface area contributed by atoms with Gasteiger partial charge in [0.1, 0.15) is 6.04 Å². The van der Waals surface area contributed by atoms with E-state index in [9.17, 15) is 4.79 Å². The van der Waals surface area contributed by atoms with Crippen molar-refractivity contribution < 1.29 is 14.6 Å². The van der Waals surface area contributed by atoms with Crippen LogP contribution in [0, 0.1) is 17.2 Å². The Morgan fingerprint density at radius 2 is 2.29 bits per heavy atom. The largest absolute Gasteiger partial charge is 0.394 e. The molecule has 4 rings (SSSR count). The molecule has 2 N–H and O–H groups in total. The maximum Gasteiger partial charge on any atom is 0.241 e. The number of carbonyl (C=O) groups is 1. The summed E-state index contributed by atoms with van der Waals surface area (Å²) in [7, 11) is 0. The molecule has 3 saturated heterocycles. The minimum absolute atomic E-state index is 0.0356. The van der Waals surface area contributed by atoms with Gasteiger partial charge in [0.15, 0.2) is 0 Å². The van der Waals surface area contributed by atoms with Gasteiger partial charge in [-0.1, -0.05) is 0 Å². The first kappa shape index (κ1) is 14.8. The number of aliphatic hydroxyl groups excluding tert-OH is 1. The molecule has 0 aromatic heterocycles. The van der Waals surface area contributed by atoms with Crippen molar-refractivity contribution in [3.8, 4) is 6.07 Å². The fourth-order valence-electron chi connectivity index (χ4n) is 4.02. The zero-order valence-electron chi connectivity index (χ0n) is 12.2. The highest BCUT2D eigenvalue weighted by Crippen LogP contribution is 2.36. The molecule has 6 heteroatoms. The first-order valence-corrected chi connectivity index (χ1v) is 7.93. The third-order valence-corrected chi connectivity index (χ3v) is 5.07. The van der Waals surface area contributed by atoms with Crippen molar-refractivity contribution in [1.29, 1.82) is 5.26 Å². The molecule has 0 radical (unpaired) electrons. The average molecular weight is 293 g/mol. The van der Waals surface area contributed by atoms with Gasteiger partial charge in [-0.3, -0.25) is 4.79 Å². The third-order valence-electron chi connectivity index (χ3n) is 5.07. The summed E-state index contributed by atoms with van der Waals surface area (Å²) in [6.45, 7) is 1.10. The van der Waals surface area contributed by atoms with E-state index in [1.807, 2.05) is 0 Å². The Kier molecular flexibility index (Phi) is 4.43. The van der Waals surface area contributed by atoms with E-state index in [-0.39, 0.29) is 42.7 Å². The number of nitrogens with one attached hydrogen (secondary N) is 1. The Morgan fingerprint density at radius 3 is 2.95 bits per heavy atom. The van der Waals surface area contributed by atoms with Crippen LogP contribution in [0.15, 0.2) is 0 Å². The summed E-state index contributed by atoms with van der Waals surface area (Å²) in [6, 6.07) is 2.02. The number of likely N-dealkylation sites (tertiary alicyclic amines) is 1. The second-order valence-electron chi connectivity index (χ2n) is 6.28. The van der Waals surface area contributed by atoms with Gasteiger partial charge in [-0.15, -0.1) is 0 Å². The normalized spacial score (nSPS) is 38.5. The lowest BCUT2D eigenvalue weighted by molar-refractivity contribution is -0.140. The molecule has 4 aliphatic rings. The summed E-state index contributed by atoms with van der Waals surface area (Å²) in [5, 5.41) is 21.4. The molecule has 21 heavy (non-hydrogen) atoms. The Hall–Kier alpha value is -1.16. The number of fused-ring (bicyclic) bond motifs is 3. The Labute approximate surface area is 125 Å². The van der Waals surface area contributed by atoms with Crippen LogP contribution < -0.4 is 5.32 Å². The highest BCUT2D eigenvalue weighted by Gasteiger charge is 2.47. The topological polar surface area (TPSA) is 85.6 Å². The highest BCUT2D eigenvalue weighted by molar-refractivity contribution is 5.83. The quantitative estimate of drug-likeness (QED) is 0.763. The Bertz CT molecular complexity index is 436. The van der Waals surface area contributed by atoms with Crippen molar-refractivity contribution in [2.24, 2.45) is 5.92 Å². The number of piperidine rings is 2. The van der Waals surface area contributed by atoms with Crippen molar-refractivity contribution >= 4 is 5.91 Å². The van der Waals surface area contributed by atoms with E-state index in [0.717, 1.165) is 32.1 Å². The van der Waals surface area contributed by atoms with Gasteiger partial charge >= 0.3 is 0 Å². The van der Waals surface area contributed by atoms with Crippen LogP contribution in [-0.2, 0) is 9.53 Å². The monoisotopic (exact) mass is 293 g/mol. The van der Waals surface area contributed by atoms with Gasteiger partial charge in [0.2, 0.25) is 5.91 Å². The van der Waals surface area contributed by atoms with Gasteiger partial charge < -0.3 is 20.1 Å². The number of ether oxygens (including phenoxy) is 1. The molecule has 5 atom stereocenters. The Balaban J connectivity index is 1.63. The summed E-state index contributed by atoms with van der Waals surface area (Å²) in [6.07, 6.45) is 4.76. The number of hydrogen-bond acceptors (Lipinski definition) is 5. The molecule has 3 heterocycles. The van der Waals surface area contributed by atoms with E-state index >= 15 is 0 Å². The molecule has 0 spiro atoms. The lowest BCUT2D eigenvalue weighted by Crippen LogP contribution is -2.64. The van der Waals surface area contributed by atoms with Crippen molar-refractivity contribution in [2.45, 2.75) is 56.3 Å². The maximum absolute atomic E-state index is 12.7. The molecule has 6 nitrogen and oxygen atoms in total. The van der Waals surface area contributed by atoms with Crippen LogP contribution in [0.5, 0.6) is 0 Å². The number of rotatable bonds is 4. The van der Waals surface area contributed by atoms with E-state index in [2.05, 4.69) is 11.4 Å². The lowest BCUT2D eigenvalue weighted by Gasteiger charge is -2.48. The first-order chi connectivity index (χ1) is 10.2. The van der Waals surface area contributed by atoms with Gasteiger partial charge in [0.25, 0.3) is 0 Å². The van der Waals surface area contributed by atoms with Gasteiger partial charge in [0.05, 0.1) is 31.4 Å². The van der Waals surface area contributed by atoms with Crippen LogP contribution in [0.2, 0.25) is 0 Å². The van der Waals surface area contributed by atoms with Crippen LogP contribution in [0.4, 0.5) is 0 Å². The highest BCUT2D eigenvalue weighted by atomic mass is 16.5. The molecule has 1 saturated carbocycles. The summed E-state index contributed by atoms with van der Waals surface area (Å²) < 4.78 is 5.67.